The molecule has 5 heteroatoms. The Balaban J connectivity index is 2.50. The van der Waals surface area contributed by atoms with Crippen LogP contribution in [0.15, 0.2) is 16.9 Å². The first-order valence-corrected chi connectivity index (χ1v) is 4.22. The monoisotopic (exact) mass is 181 g/mol. The summed E-state index contributed by atoms with van der Waals surface area (Å²) in [7, 11) is 0. The first kappa shape index (κ1) is 7.30. The van der Waals surface area contributed by atoms with Gasteiger partial charge in [0, 0.05) is 6.20 Å². The van der Waals surface area contributed by atoms with Crippen LogP contribution in [-0.2, 0) is 0 Å². The van der Waals surface area contributed by atoms with Crippen LogP contribution in [0.25, 0.3) is 10.4 Å². The fourth-order valence-corrected chi connectivity index (χ4v) is 1.69. The number of rotatable bonds is 1. The summed E-state index contributed by atoms with van der Waals surface area (Å²) in [6, 6.07) is 0. The third-order valence-corrected chi connectivity index (χ3v) is 2.40. The smallest absolute Gasteiger partial charge is 0.180 e. The van der Waals surface area contributed by atoms with Gasteiger partial charge in [-0.25, -0.2) is 4.98 Å². The summed E-state index contributed by atoms with van der Waals surface area (Å²) in [5, 5.41) is 4.23. The predicted molar refractivity (Wildman–Crippen MR) is 46.8 cm³/mol. The molecule has 0 radical (unpaired) electrons. The fraction of sp³-hybridized carbons (Fsp3) is 0.143. The predicted octanol–water partition coefficient (Wildman–Crippen LogP) is 1.69. The van der Waals surface area contributed by atoms with E-state index in [-0.39, 0.29) is 0 Å². The Hall–Kier alpha value is -1.36. The average Bonchev–Trinajstić information content (AvgIpc) is 2.58. The van der Waals surface area contributed by atoms with Gasteiger partial charge in [0.25, 0.3) is 0 Å². The summed E-state index contributed by atoms with van der Waals surface area (Å²) in [6.45, 7) is 1.86. The van der Waals surface area contributed by atoms with E-state index in [0.717, 1.165) is 16.2 Å². The summed E-state index contributed by atoms with van der Waals surface area (Å²) in [4.78, 5) is 4.93. The Morgan fingerprint density at radius 3 is 2.83 bits per heavy atom. The van der Waals surface area contributed by atoms with Gasteiger partial charge in [0.2, 0.25) is 0 Å². The van der Waals surface area contributed by atoms with Crippen molar-refractivity contribution in [1.82, 2.24) is 10.1 Å². The highest BCUT2D eigenvalue weighted by Gasteiger charge is 2.08. The van der Waals surface area contributed by atoms with Crippen molar-refractivity contribution in [1.29, 1.82) is 0 Å². The molecule has 62 valence electrons. The molecule has 12 heavy (non-hydrogen) atoms. The van der Waals surface area contributed by atoms with Gasteiger partial charge >= 0.3 is 0 Å². The summed E-state index contributed by atoms with van der Waals surface area (Å²) in [5.41, 5.74) is 6.45. The van der Waals surface area contributed by atoms with Gasteiger partial charge in [0.15, 0.2) is 5.13 Å². The van der Waals surface area contributed by atoms with E-state index >= 15 is 0 Å². The van der Waals surface area contributed by atoms with Gasteiger partial charge in [-0.3, -0.25) is 0 Å². The number of hydrogen-bond acceptors (Lipinski definition) is 5. The van der Waals surface area contributed by atoms with Crippen molar-refractivity contribution in [2.45, 2.75) is 6.92 Å². The van der Waals surface area contributed by atoms with E-state index in [4.69, 9.17) is 10.3 Å². The largest absolute Gasteiger partial charge is 0.375 e. The van der Waals surface area contributed by atoms with Gasteiger partial charge in [-0.15, -0.1) is 0 Å². The van der Waals surface area contributed by atoms with Crippen molar-refractivity contribution < 1.29 is 4.52 Å². The number of aryl methyl sites for hydroxylation is 1. The molecule has 0 aliphatic rings. The molecule has 2 aromatic rings. The molecule has 0 fully saturated rings. The molecular formula is C7H7N3OS. The molecule has 0 amide bonds. The number of aromatic nitrogens is 2. The van der Waals surface area contributed by atoms with Crippen LogP contribution in [0.3, 0.4) is 0 Å². The van der Waals surface area contributed by atoms with Gasteiger partial charge in [-0.1, -0.05) is 16.5 Å². The molecule has 0 atom stereocenters. The molecule has 2 aromatic heterocycles. The number of anilines is 1. The molecule has 0 unspecified atom stereocenters. The minimum absolute atomic E-state index is 0.561. The van der Waals surface area contributed by atoms with E-state index in [1.54, 1.807) is 12.4 Å². The number of nitrogens with two attached hydrogens (primary N) is 1. The van der Waals surface area contributed by atoms with Crippen LogP contribution in [0.1, 0.15) is 5.76 Å². The van der Waals surface area contributed by atoms with Gasteiger partial charge in [0.05, 0.1) is 16.6 Å². The molecule has 4 nitrogen and oxygen atoms in total. The van der Waals surface area contributed by atoms with Gasteiger partial charge < -0.3 is 10.3 Å². The van der Waals surface area contributed by atoms with Crippen LogP contribution in [-0.4, -0.2) is 10.1 Å². The lowest BCUT2D eigenvalue weighted by molar-refractivity contribution is 0.398. The van der Waals surface area contributed by atoms with Gasteiger partial charge in [-0.2, -0.15) is 0 Å². The second-order valence-electron chi connectivity index (χ2n) is 2.36. The standard InChI is InChI=1S/C7H7N3OS/c1-4-5(2-10-11-4)6-3-9-7(8)12-6/h2-3H,1H3,(H2,8,9). The zero-order valence-corrected chi connectivity index (χ0v) is 7.26. The molecule has 0 aromatic carbocycles. The van der Waals surface area contributed by atoms with Gasteiger partial charge in [-0.05, 0) is 6.92 Å². The average molecular weight is 181 g/mol. The first-order chi connectivity index (χ1) is 5.77. The van der Waals surface area contributed by atoms with Crippen molar-refractivity contribution in [2.24, 2.45) is 0 Å². The Labute approximate surface area is 73.0 Å². The lowest BCUT2D eigenvalue weighted by Gasteiger charge is -1.87. The van der Waals surface area contributed by atoms with Crippen LogP contribution in [0.4, 0.5) is 5.13 Å². The van der Waals surface area contributed by atoms with E-state index in [9.17, 15) is 0 Å². The minimum atomic E-state index is 0.561. The van der Waals surface area contributed by atoms with Crippen molar-refractivity contribution in [3.05, 3.63) is 18.2 Å². The highest BCUT2D eigenvalue weighted by atomic mass is 32.1. The van der Waals surface area contributed by atoms with Crippen molar-refractivity contribution >= 4 is 16.5 Å². The summed E-state index contributed by atoms with van der Waals surface area (Å²) in [6.07, 6.45) is 3.39. The Kier molecular flexibility index (Phi) is 1.58. The highest BCUT2D eigenvalue weighted by Crippen LogP contribution is 2.29. The summed E-state index contributed by atoms with van der Waals surface area (Å²) < 4.78 is 4.92. The second kappa shape index (κ2) is 2.60. The van der Waals surface area contributed by atoms with Crippen LogP contribution in [0.5, 0.6) is 0 Å². The van der Waals surface area contributed by atoms with Crippen LogP contribution in [0, 0.1) is 6.92 Å². The lowest BCUT2D eigenvalue weighted by Crippen LogP contribution is -1.77. The van der Waals surface area contributed by atoms with Crippen LogP contribution in [0.2, 0.25) is 0 Å². The molecule has 0 saturated heterocycles. The lowest BCUT2D eigenvalue weighted by atomic mass is 10.2. The van der Waals surface area contributed by atoms with Crippen LogP contribution >= 0.6 is 11.3 Å². The zero-order chi connectivity index (χ0) is 8.55. The van der Waals surface area contributed by atoms with Crippen molar-refractivity contribution in [2.75, 3.05) is 5.73 Å². The van der Waals surface area contributed by atoms with Crippen molar-refractivity contribution in [3.63, 3.8) is 0 Å². The maximum absolute atomic E-state index is 5.49. The molecule has 0 aliphatic carbocycles. The minimum Gasteiger partial charge on any atom is -0.375 e. The molecular weight excluding hydrogens is 174 g/mol. The number of nitrogens with zero attached hydrogens (tertiary/aromatic N) is 2. The third kappa shape index (κ3) is 1.08. The number of nitrogen functional groups attached to an aromatic ring is 1. The Morgan fingerprint density at radius 1 is 1.50 bits per heavy atom. The molecule has 2 heterocycles. The Morgan fingerprint density at radius 2 is 2.33 bits per heavy atom. The third-order valence-electron chi connectivity index (χ3n) is 1.54. The summed E-state index contributed by atoms with van der Waals surface area (Å²) in [5.74, 6) is 0.790. The molecule has 0 spiro atoms. The van der Waals surface area contributed by atoms with E-state index < -0.39 is 0 Å². The van der Waals surface area contributed by atoms with E-state index in [1.165, 1.54) is 11.3 Å². The number of thiazole rings is 1. The topological polar surface area (TPSA) is 64.9 Å². The van der Waals surface area contributed by atoms with E-state index in [1.807, 2.05) is 6.92 Å². The quantitative estimate of drug-likeness (QED) is 0.727. The van der Waals surface area contributed by atoms with Crippen LogP contribution < -0.4 is 5.73 Å². The SMILES string of the molecule is Cc1oncc1-c1cnc(N)s1. The molecule has 0 bridgehead atoms. The fourth-order valence-electron chi connectivity index (χ4n) is 0.947. The normalized spacial score (nSPS) is 10.4. The van der Waals surface area contributed by atoms with E-state index in [2.05, 4.69) is 10.1 Å². The van der Waals surface area contributed by atoms with E-state index in [0.29, 0.717) is 5.13 Å². The maximum Gasteiger partial charge on any atom is 0.180 e. The number of hydrogen-bond donors (Lipinski definition) is 1. The molecule has 0 saturated carbocycles. The highest BCUT2D eigenvalue weighted by molar-refractivity contribution is 7.18. The van der Waals surface area contributed by atoms with Crippen molar-refractivity contribution in [3.8, 4) is 10.4 Å². The molecule has 0 aliphatic heterocycles. The zero-order valence-electron chi connectivity index (χ0n) is 6.44. The molecule has 2 N–H and O–H groups in total. The second-order valence-corrected chi connectivity index (χ2v) is 3.42. The Bertz CT molecular complexity index is 393. The first-order valence-electron chi connectivity index (χ1n) is 3.40. The molecule has 2 rings (SSSR count). The van der Waals surface area contributed by atoms with Gasteiger partial charge in [0.1, 0.15) is 5.76 Å². The maximum atomic E-state index is 5.49. The summed E-state index contributed by atoms with van der Waals surface area (Å²) >= 11 is 1.43.